The van der Waals surface area contributed by atoms with Crippen LogP contribution in [0.4, 0.5) is 0 Å². The molecular weight excluding hydrogens is 351 g/mol. The second-order valence-corrected chi connectivity index (χ2v) is 5.37. The average molecular weight is 379 g/mol. The van der Waals surface area contributed by atoms with Gasteiger partial charge in [-0.05, 0) is 32.5 Å². The van der Waals surface area contributed by atoms with Gasteiger partial charge in [-0.3, -0.25) is 4.90 Å². The largest absolute Gasteiger partial charge is 1.00 e. The van der Waals surface area contributed by atoms with Crippen LogP contribution in [0.3, 0.4) is 0 Å². The van der Waals surface area contributed by atoms with Crippen molar-refractivity contribution in [3.8, 4) is 11.5 Å². The van der Waals surface area contributed by atoms with Crippen LogP contribution >= 0.6 is 0 Å². The summed E-state index contributed by atoms with van der Waals surface area (Å²) >= 11 is 0. The summed E-state index contributed by atoms with van der Waals surface area (Å²) in [6, 6.07) is 6.03. The number of hydrogen-bond donors (Lipinski definition) is 1. The Morgan fingerprint density at radius 1 is 1.21 bits per heavy atom. The molecule has 1 aromatic rings. The van der Waals surface area contributed by atoms with Gasteiger partial charge in [0.15, 0.2) is 11.5 Å². The first-order valence-electron chi connectivity index (χ1n) is 8.14. The van der Waals surface area contributed by atoms with Crippen molar-refractivity contribution in [2.45, 2.75) is 19.9 Å². The van der Waals surface area contributed by atoms with Gasteiger partial charge in [0, 0.05) is 25.2 Å². The van der Waals surface area contributed by atoms with E-state index in [9.17, 15) is 0 Å². The minimum atomic E-state index is 0. The van der Waals surface area contributed by atoms with Gasteiger partial charge in [-0.25, -0.2) is 0 Å². The van der Waals surface area contributed by atoms with Crippen molar-refractivity contribution in [3.05, 3.63) is 23.8 Å². The van der Waals surface area contributed by atoms with Gasteiger partial charge in [0.2, 0.25) is 0 Å². The molecule has 140 valence electrons. The van der Waals surface area contributed by atoms with Gasteiger partial charge in [-0.1, -0.05) is 12.1 Å². The molecule has 1 aromatic carbocycles. The summed E-state index contributed by atoms with van der Waals surface area (Å²) < 4.78 is 16.5. The molecule has 0 amide bonds. The van der Waals surface area contributed by atoms with Gasteiger partial charge in [-0.2, -0.15) is 0 Å². The van der Waals surface area contributed by atoms with Gasteiger partial charge < -0.3 is 44.3 Å². The molecule has 0 bridgehead atoms. The first-order chi connectivity index (χ1) is 10.8. The summed E-state index contributed by atoms with van der Waals surface area (Å²) in [6.45, 7) is 9.43. The van der Waals surface area contributed by atoms with E-state index >= 15 is 0 Å². The molecule has 1 aliphatic rings. The van der Waals surface area contributed by atoms with Crippen LogP contribution in [0.25, 0.3) is 0 Å². The highest BCUT2D eigenvalue weighted by atomic mass is 35.5. The van der Waals surface area contributed by atoms with Crippen molar-refractivity contribution < 1.29 is 39.0 Å². The normalized spacial score (nSPS) is 14.4. The molecule has 0 aliphatic carbocycles. The van der Waals surface area contributed by atoms with E-state index in [2.05, 4.69) is 16.3 Å². The van der Waals surface area contributed by atoms with Crippen LogP contribution in [0.5, 0.6) is 11.5 Å². The summed E-state index contributed by atoms with van der Waals surface area (Å²) in [6.07, 6.45) is 1.15. The molecule has 1 saturated heterocycles. The topological polar surface area (TPSA) is 43.0 Å². The van der Waals surface area contributed by atoms with Crippen molar-refractivity contribution in [1.82, 2.24) is 10.2 Å². The van der Waals surface area contributed by atoms with Crippen LogP contribution in [-0.2, 0) is 11.3 Å². The van der Waals surface area contributed by atoms with Crippen LogP contribution in [0.15, 0.2) is 18.2 Å². The number of benzene rings is 1. The van der Waals surface area contributed by atoms with Crippen molar-refractivity contribution in [2.24, 2.45) is 0 Å². The number of hydrogen-bond acceptors (Lipinski definition) is 5. The molecule has 0 spiro atoms. The van der Waals surface area contributed by atoms with E-state index in [1.807, 2.05) is 19.1 Å². The van der Waals surface area contributed by atoms with Gasteiger partial charge in [0.1, 0.15) is 0 Å². The number of nitrogens with one attached hydrogen (secondary N) is 1. The third-order valence-corrected chi connectivity index (χ3v) is 3.82. The minimum Gasteiger partial charge on any atom is -1.00 e. The van der Waals surface area contributed by atoms with Crippen LogP contribution < -0.4 is 39.6 Å². The highest BCUT2D eigenvalue weighted by Crippen LogP contribution is 2.30. The minimum absolute atomic E-state index is 0. The Morgan fingerprint density at radius 2 is 1.96 bits per heavy atom. The third-order valence-electron chi connectivity index (χ3n) is 3.82. The number of ether oxygens (including phenoxy) is 3. The zero-order valence-corrected chi connectivity index (χ0v) is 16.0. The van der Waals surface area contributed by atoms with Crippen molar-refractivity contribution >= 4 is 0 Å². The molecule has 0 radical (unpaired) electrons. The molecule has 1 fully saturated rings. The number of para-hydroxylation sites is 1. The highest BCUT2D eigenvalue weighted by molar-refractivity contribution is 5.46. The summed E-state index contributed by atoms with van der Waals surface area (Å²) in [5.41, 5.74) is 1.15. The highest BCUT2D eigenvalue weighted by Gasteiger charge is 2.11. The van der Waals surface area contributed by atoms with Crippen molar-refractivity contribution in [2.75, 3.05) is 53.1 Å². The number of morpholine rings is 1. The predicted octanol–water partition coefficient (Wildman–Crippen LogP) is -4.09. The Bertz CT molecular complexity index is 444. The quantitative estimate of drug-likeness (QED) is 0.442. The molecular formula is C17H28Cl2N2O3-2. The number of methoxy groups -OCH3 is 1. The van der Waals surface area contributed by atoms with Crippen molar-refractivity contribution in [1.29, 1.82) is 0 Å². The lowest BCUT2D eigenvalue weighted by molar-refractivity contribution is -0.00100. The monoisotopic (exact) mass is 378 g/mol. The van der Waals surface area contributed by atoms with E-state index < -0.39 is 0 Å². The Labute approximate surface area is 157 Å². The maximum Gasteiger partial charge on any atom is 0.165 e. The SMILES string of the molecule is CCOc1c(CNCCCN2CCOCC2)cccc1OC.[Cl-].[Cl-]. The number of nitrogens with zero attached hydrogens (tertiary/aromatic N) is 1. The van der Waals surface area contributed by atoms with E-state index in [4.69, 9.17) is 14.2 Å². The van der Waals surface area contributed by atoms with E-state index in [-0.39, 0.29) is 24.8 Å². The second-order valence-electron chi connectivity index (χ2n) is 5.37. The molecule has 2 rings (SSSR count). The van der Waals surface area contributed by atoms with E-state index in [1.54, 1.807) is 7.11 Å². The molecule has 0 atom stereocenters. The van der Waals surface area contributed by atoms with Gasteiger partial charge in [0.05, 0.1) is 26.9 Å². The van der Waals surface area contributed by atoms with Crippen LogP contribution in [0.2, 0.25) is 0 Å². The third kappa shape index (κ3) is 7.45. The molecule has 1 N–H and O–H groups in total. The number of halogens is 2. The van der Waals surface area contributed by atoms with E-state index in [0.29, 0.717) is 6.61 Å². The molecule has 1 aliphatic heterocycles. The molecule has 1 heterocycles. The van der Waals surface area contributed by atoms with E-state index in [1.165, 1.54) is 0 Å². The number of rotatable bonds is 9. The second kappa shape index (κ2) is 13.6. The Hall–Kier alpha value is -0.720. The van der Waals surface area contributed by atoms with E-state index in [0.717, 1.165) is 69.4 Å². The summed E-state index contributed by atoms with van der Waals surface area (Å²) in [7, 11) is 1.68. The smallest absolute Gasteiger partial charge is 0.165 e. The maximum absolute atomic E-state index is 5.72. The molecule has 0 saturated carbocycles. The molecule has 5 nitrogen and oxygen atoms in total. The van der Waals surface area contributed by atoms with Crippen LogP contribution in [0, 0.1) is 0 Å². The van der Waals surface area contributed by atoms with Gasteiger partial charge in [0.25, 0.3) is 0 Å². The zero-order chi connectivity index (χ0) is 15.6. The molecule has 0 unspecified atom stereocenters. The lowest BCUT2D eigenvalue weighted by atomic mass is 10.2. The molecule has 7 heteroatoms. The first kappa shape index (κ1) is 23.3. The Morgan fingerprint density at radius 3 is 2.62 bits per heavy atom. The standard InChI is InChI=1S/C17H28N2O3.2ClH/c1-3-22-17-15(6-4-7-16(17)20-2)14-18-8-5-9-19-10-12-21-13-11-19;;/h4,6-7,18H,3,5,8-14H2,1-2H3;2*1H/p-2. The lowest BCUT2D eigenvalue weighted by Gasteiger charge is -2.26. The fourth-order valence-corrected chi connectivity index (χ4v) is 2.64. The van der Waals surface area contributed by atoms with Gasteiger partial charge in [-0.15, -0.1) is 0 Å². The lowest BCUT2D eigenvalue weighted by Crippen LogP contribution is -3.00. The van der Waals surface area contributed by atoms with Crippen LogP contribution in [0.1, 0.15) is 18.9 Å². The average Bonchev–Trinajstić information content (AvgIpc) is 2.57. The first-order valence-corrected chi connectivity index (χ1v) is 8.14. The van der Waals surface area contributed by atoms with Crippen LogP contribution in [-0.4, -0.2) is 58.0 Å². The maximum atomic E-state index is 5.72. The Kier molecular flexibility index (Phi) is 13.2. The fraction of sp³-hybridized carbons (Fsp3) is 0.647. The summed E-state index contributed by atoms with van der Waals surface area (Å²) in [5.74, 6) is 1.66. The zero-order valence-electron chi connectivity index (χ0n) is 14.5. The molecule has 0 aromatic heterocycles. The fourth-order valence-electron chi connectivity index (χ4n) is 2.64. The summed E-state index contributed by atoms with van der Waals surface area (Å²) in [4.78, 5) is 2.46. The predicted molar refractivity (Wildman–Crippen MR) is 87.7 cm³/mol. The Balaban J connectivity index is 0.00000264. The summed E-state index contributed by atoms with van der Waals surface area (Å²) in [5, 5.41) is 3.50. The molecule has 24 heavy (non-hydrogen) atoms. The van der Waals surface area contributed by atoms with Gasteiger partial charge >= 0.3 is 0 Å². The van der Waals surface area contributed by atoms with Crippen molar-refractivity contribution in [3.63, 3.8) is 0 Å².